The summed E-state index contributed by atoms with van der Waals surface area (Å²) < 4.78 is 0. The Kier molecular flexibility index (Phi) is 4.38. The second-order valence-electron chi connectivity index (χ2n) is 4.27. The summed E-state index contributed by atoms with van der Waals surface area (Å²) in [5, 5.41) is 0.633. The summed E-state index contributed by atoms with van der Waals surface area (Å²) >= 11 is 5.80. The highest BCUT2D eigenvalue weighted by Gasteiger charge is 2.25. The van der Waals surface area contributed by atoms with Crippen molar-refractivity contribution in [3.05, 3.63) is 23.4 Å². The third kappa shape index (κ3) is 3.11. The third-order valence-electron chi connectivity index (χ3n) is 3.10. The van der Waals surface area contributed by atoms with Gasteiger partial charge >= 0.3 is 0 Å². The Labute approximate surface area is 111 Å². The van der Waals surface area contributed by atoms with Gasteiger partial charge in [-0.2, -0.15) is 0 Å². The maximum absolute atomic E-state index is 11.6. The zero-order valence-corrected chi connectivity index (χ0v) is 11.0. The molecule has 1 N–H and O–H groups in total. The van der Waals surface area contributed by atoms with Crippen LogP contribution in [0.5, 0.6) is 0 Å². The van der Waals surface area contributed by atoms with Crippen LogP contribution in [0.2, 0.25) is 5.02 Å². The maximum Gasteiger partial charge on any atom is 0.246 e. The standard InChI is InChI=1S/C12H16ClN3O2/c1-18-15-12(17)9-4-6-16(7-5-9)11-3-2-10(13)8-14-11/h2-3,8-9H,4-7H2,1H3,(H,15,17). The van der Waals surface area contributed by atoms with Crippen LogP contribution >= 0.6 is 11.6 Å². The van der Waals surface area contributed by atoms with Crippen LogP contribution in [0.1, 0.15) is 12.8 Å². The first kappa shape index (κ1) is 13.1. The Morgan fingerprint density at radius 2 is 2.22 bits per heavy atom. The van der Waals surface area contributed by atoms with Crippen LogP contribution in [0.3, 0.4) is 0 Å². The lowest BCUT2D eigenvalue weighted by Gasteiger charge is -2.31. The average molecular weight is 270 g/mol. The monoisotopic (exact) mass is 269 g/mol. The molecule has 1 aliphatic heterocycles. The molecule has 0 atom stereocenters. The van der Waals surface area contributed by atoms with Crippen molar-refractivity contribution in [3.8, 4) is 0 Å². The summed E-state index contributed by atoms with van der Waals surface area (Å²) in [7, 11) is 1.45. The zero-order valence-electron chi connectivity index (χ0n) is 10.2. The number of rotatable bonds is 3. The molecule has 5 nitrogen and oxygen atoms in total. The number of hydroxylamine groups is 1. The number of amides is 1. The molecule has 0 saturated carbocycles. The number of aromatic nitrogens is 1. The number of hydrogen-bond acceptors (Lipinski definition) is 4. The molecule has 18 heavy (non-hydrogen) atoms. The minimum Gasteiger partial charge on any atom is -0.357 e. The molecule has 1 aromatic heterocycles. The number of pyridine rings is 1. The fraction of sp³-hybridized carbons (Fsp3) is 0.500. The van der Waals surface area contributed by atoms with E-state index in [1.807, 2.05) is 12.1 Å². The quantitative estimate of drug-likeness (QED) is 0.848. The molecule has 2 rings (SSSR count). The predicted molar refractivity (Wildman–Crippen MR) is 69.3 cm³/mol. The van der Waals surface area contributed by atoms with Gasteiger partial charge < -0.3 is 4.90 Å². The van der Waals surface area contributed by atoms with Crippen LogP contribution in [0.15, 0.2) is 18.3 Å². The van der Waals surface area contributed by atoms with Gasteiger partial charge in [-0.05, 0) is 25.0 Å². The maximum atomic E-state index is 11.6. The van der Waals surface area contributed by atoms with Gasteiger partial charge in [0.05, 0.1) is 12.1 Å². The molecule has 0 aliphatic carbocycles. The summed E-state index contributed by atoms with van der Waals surface area (Å²) in [4.78, 5) is 22.7. The van der Waals surface area contributed by atoms with E-state index in [9.17, 15) is 4.79 Å². The van der Waals surface area contributed by atoms with E-state index in [2.05, 4.69) is 20.2 Å². The molecule has 0 bridgehead atoms. The molecule has 6 heteroatoms. The lowest BCUT2D eigenvalue weighted by Crippen LogP contribution is -2.40. The molecule has 0 unspecified atom stereocenters. The van der Waals surface area contributed by atoms with Gasteiger partial charge in [-0.15, -0.1) is 0 Å². The van der Waals surface area contributed by atoms with E-state index < -0.39 is 0 Å². The van der Waals surface area contributed by atoms with Crippen LogP contribution in [-0.4, -0.2) is 31.1 Å². The van der Waals surface area contributed by atoms with Crippen molar-refractivity contribution < 1.29 is 9.63 Å². The summed E-state index contributed by atoms with van der Waals surface area (Å²) in [6, 6.07) is 3.73. The van der Waals surface area contributed by atoms with Crippen molar-refractivity contribution in [2.24, 2.45) is 5.92 Å². The summed E-state index contributed by atoms with van der Waals surface area (Å²) in [5.41, 5.74) is 2.39. The average Bonchev–Trinajstić information content (AvgIpc) is 2.40. The molecular weight excluding hydrogens is 254 g/mol. The van der Waals surface area contributed by atoms with Gasteiger partial charge in [0.25, 0.3) is 0 Å². The Bertz CT molecular complexity index is 402. The molecule has 0 radical (unpaired) electrons. The van der Waals surface area contributed by atoms with E-state index in [0.29, 0.717) is 5.02 Å². The van der Waals surface area contributed by atoms with E-state index in [1.165, 1.54) is 7.11 Å². The van der Waals surface area contributed by atoms with Crippen molar-refractivity contribution in [1.29, 1.82) is 0 Å². The van der Waals surface area contributed by atoms with Gasteiger partial charge in [-0.25, -0.2) is 10.5 Å². The van der Waals surface area contributed by atoms with Crippen LogP contribution in [0, 0.1) is 5.92 Å². The van der Waals surface area contributed by atoms with Crippen LogP contribution in [-0.2, 0) is 9.63 Å². The van der Waals surface area contributed by atoms with Gasteiger partial charge in [0.1, 0.15) is 5.82 Å². The lowest BCUT2D eigenvalue weighted by atomic mass is 9.96. The molecule has 1 aliphatic rings. The van der Waals surface area contributed by atoms with Crippen molar-refractivity contribution in [2.45, 2.75) is 12.8 Å². The summed E-state index contributed by atoms with van der Waals surface area (Å²) in [6.45, 7) is 1.63. The smallest absolute Gasteiger partial charge is 0.246 e. The lowest BCUT2D eigenvalue weighted by molar-refractivity contribution is -0.136. The van der Waals surface area contributed by atoms with Crippen LogP contribution < -0.4 is 10.4 Å². The van der Waals surface area contributed by atoms with Gasteiger partial charge in [-0.1, -0.05) is 11.6 Å². The first-order valence-electron chi connectivity index (χ1n) is 5.90. The number of carbonyl (C=O) groups is 1. The molecule has 0 spiro atoms. The third-order valence-corrected chi connectivity index (χ3v) is 3.33. The number of anilines is 1. The first-order chi connectivity index (χ1) is 8.70. The largest absolute Gasteiger partial charge is 0.357 e. The Morgan fingerprint density at radius 1 is 1.50 bits per heavy atom. The molecule has 1 fully saturated rings. The number of carbonyl (C=O) groups excluding carboxylic acids is 1. The number of nitrogens with zero attached hydrogens (tertiary/aromatic N) is 2. The molecular formula is C12H16ClN3O2. The highest BCUT2D eigenvalue weighted by molar-refractivity contribution is 6.30. The van der Waals surface area contributed by atoms with E-state index >= 15 is 0 Å². The Balaban J connectivity index is 1.90. The second kappa shape index (κ2) is 6.02. The number of halogens is 1. The fourth-order valence-corrected chi connectivity index (χ4v) is 2.22. The predicted octanol–water partition coefficient (Wildman–Crippen LogP) is 1.63. The minimum atomic E-state index is -0.0405. The van der Waals surface area contributed by atoms with Gasteiger partial charge in [0.2, 0.25) is 5.91 Å². The zero-order chi connectivity index (χ0) is 13.0. The Morgan fingerprint density at radius 3 is 2.78 bits per heavy atom. The van der Waals surface area contributed by atoms with Crippen molar-refractivity contribution in [1.82, 2.24) is 10.5 Å². The fourth-order valence-electron chi connectivity index (χ4n) is 2.11. The SMILES string of the molecule is CONC(=O)C1CCN(c2ccc(Cl)cn2)CC1. The number of hydrogen-bond donors (Lipinski definition) is 1. The topological polar surface area (TPSA) is 54.5 Å². The molecule has 1 amide bonds. The Hall–Kier alpha value is -1.33. The molecule has 2 heterocycles. The number of piperidine rings is 1. The molecule has 1 saturated heterocycles. The van der Waals surface area contributed by atoms with E-state index in [0.717, 1.165) is 31.7 Å². The molecule has 1 aromatic rings. The number of nitrogens with one attached hydrogen (secondary N) is 1. The van der Waals surface area contributed by atoms with E-state index in [4.69, 9.17) is 11.6 Å². The van der Waals surface area contributed by atoms with Crippen molar-refractivity contribution >= 4 is 23.3 Å². The normalized spacial score (nSPS) is 16.7. The van der Waals surface area contributed by atoms with Gasteiger partial charge in [0, 0.05) is 25.2 Å². The van der Waals surface area contributed by atoms with Crippen molar-refractivity contribution in [2.75, 3.05) is 25.1 Å². The summed E-state index contributed by atoms with van der Waals surface area (Å²) in [5.74, 6) is 0.889. The van der Waals surface area contributed by atoms with Crippen LogP contribution in [0.25, 0.3) is 0 Å². The van der Waals surface area contributed by atoms with Crippen LogP contribution in [0.4, 0.5) is 5.82 Å². The van der Waals surface area contributed by atoms with E-state index in [1.54, 1.807) is 6.20 Å². The van der Waals surface area contributed by atoms with Gasteiger partial charge in [-0.3, -0.25) is 9.63 Å². The highest BCUT2D eigenvalue weighted by Crippen LogP contribution is 2.22. The van der Waals surface area contributed by atoms with E-state index in [-0.39, 0.29) is 11.8 Å². The van der Waals surface area contributed by atoms with Gasteiger partial charge in [0.15, 0.2) is 0 Å². The second-order valence-corrected chi connectivity index (χ2v) is 4.70. The summed E-state index contributed by atoms with van der Waals surface area (Å²) in [6.07, 6.45) is 3.25. The minimum absolute atomic E-state index is 0.0218. The highest BCUT2D eigenvalue weighted by atomic mass is 35.5. The first-order valence-corrected chi connectivity index (χ1v) is 6.28. The van der Waals surface area contributed by atoms with Crippen molar-refractivity contribution in [3.63, 3.8) is 0 Å². The molecule has 98 valence electrons. The molecule has 0 aromatic carbocycles.